The van der Waals surface area contributed by atoms with Gasteiger partial charge >= 0.3 is 181 Å². The van der Waals surface area contributed by atoms with Crippen LogP contribution in [0.3, 0.4) is 0 Å². The van der Waals surface area contributed by atoms with Crippen LogP contribution in [0.15, 0.2) is 0 Å². The second kappa shape index (κ2) is 17.1. The standard InChI is InChI=1S/C24H52IP/c1-5-9-13-14-15-16-20-24-26(25,21-17-10-6-2,22-18-11-7-3)23-19-12-8-4/h5-24H2,1-4H3. The third kappa shape index (κ3) is 13.4. The van der Waals surface area contributed by atoms with Crippen molar-refractivity contribution in [3.63, 3.8) is 0 Å². The van der Waals surface area contributed by atoms with E-state index in [1.165, 1.54) is 103 Å². The molecule has 0 unspecified atom stereocenters. The fourth-order valence-corrected chi connectivity index (χ4v) is 13.9. The molecular weight excluding hydrogens is 446 g/mol. The van der Waals surface area contributed by atoms with E-state index >= 15 is 0 Å². The summed E-state index contributed by atoms with van der Waals surface area (Å²) in [6, 6.07) is 0. The van der Waals surface area contributed by atoms with Gasteiger partial charge in [0.25, 0.3) is 0 Å². The fourth-order valence-electron chi connectivity index (χ4n) is 4.41. The average Bonchev–Trinajstić information content (AvgIpc) is 2.62. The van der Waals surface area contributed by atoms with Crippen LogP contribution in [-0.2, 0) is 0 Å². The van der Waals surface area contributed by atoms with Crippen LogP contribution in [0.5, 0.6) is 0 Å². The van der Waals surface area contributed by atoms with Gasteiger partial charge in [0.1, 0.15) is 0 Å². The Morgan fingerprint density at radius 1 is 0.385 bits per heavy atom. The van der Waals surface area contributed by atoms with Gasteiger partial charge in [-0.3, -0.25) is 0 Å². The normalized spacial score (nSPS) is 13.7. The third-order valence-corrected chi connectivity index (χ3v) is 17.8. The van der Waals surface area contributed by atoms with Crippen molar-refractivity contribution in [1.29, 1.82) is 0 Å². The molecule has 0 spiro atoms. The molecule has 0 saturated carbocycles. The summed E-state index contributed by atoms with van der Waals surface area (Å²) < 4.78 is -1.50. The van der Waals surface area contributed by atoms with Crippen LogP contribution in [0.1, 0.15) is 130 Å². The van der Waals surface area contributed by atoms with Gasteiger partial charge in [-0.05, 0) is 0 Å². The number of rotatable bonds is 20. The Labute approximate surface area is 180 Å². The number of hydrogen-bond acceptors (Lipinski definition) is 0. The van der Waals surface area contributed by atoms with Crippen LogP contribution in [0.4, 0.5) is 0 Å². The van der Waals surface area contributed by atoms with Crippen molar-refractivity contribution < 1.29 is 0 Å². The molecule has 0 nitrogen and oxygen atoms in total. The molecule has 0 aromatic rings. The zero-order chi connectivity index (χ0) is 19.6. The zero-order valence-electron chi connectivity index (χ0n) is 19.0. The van der Waals surface area contributed by atoms with E-state index < -0.39 is 4.25 Å². The summed E-state index contributed by atoms with van der Waals surface area (Å²) in [4.78, 5) is 0. The first-order valence-electron chi connectivity index (χ1n) is 12.3. The minimum absolute atomic E-state index is 1.37. The molecule has 0 saturated heterocycles. The first-order chi connectivity index (χ1) is 12.5. The van der Waals surface area contributed by atoms with Gasteiger partial charge in [-0.2, -0.15) is 0 Å². The van der Waals surface area contributed by atoms with Gasteiger partial charge in [0, 0.05) is 0 Å². The van der Waals surface area contributed by atoms with Crippen LogP contribution in [-0.4, -0.2) is 24.6 Å². The molecule has 2 heteroatoms. The molecule has 0 aliphatic carbocycles. The summed E-state index contributed by atoms with van der Waals surface area (Å²) in [5, 5.41) is 0. The summed E-state index contributed by atoms with van der Waals surface area (Å²) in [5.74, 6) is 0. The van der Waals surface area contributed by atoms with E-state index in [-0.39, 0.29) is 0 Å². The first kappa shape index (κ1) is 27.2. The van der Waals surface area contributed by atoms with E-state index in [0.29, 0.717) is 0 Å². The summed E-state index contributed by atoms with van der Waals surface area (Å²) in [6.07, 6.45) is 29.7. The Morgan fingerprint density at radius 3 is 0.962 bits per heavy atom. The van der Waals surface area contributed by atoms with Crippen LogP contribution in [0, 0.1) is 0 Å². The molecule has 0 radical (unpaired) electrons. The van der Waals surface area contributed by atoms with Gasteiger partial charge in [0.2, 0.25) is 0 Å². The molecule has 0 N–H and O–H groups in total. The van der Waals surface area contributed by atoms with Crippen molar-refractivity contribution in [3.8, 4) is 0 Å². The molecule has 0 rings (SSSR count). The van der Waals surface area contributed by atoms with Crippen molar-refractivity contribution >= 4 is 26.3 Å². The van der Waals surface area contributed by atoms with Crippen molar-refractivity contribution in [1.82, 2.24) is 0 Å². The topological polar surface area (TPSA) is 0 Å². The van der Waals surface area contributed by atoms with Gasteiger partial charge in [-0.25, -0.2) is 0 Å². The Hall–Kier alpha value is 1.16. The molecule has 0 heterocycles. The molecule has 0 aromatic heterocycles. The summed E-state index contributed by atoms with van der Waals surface area (Å²) in [7, 11) is 0. The molecule has 0 aromatic carbocycles. The van der Waals surface area contributed by atoms with Gasteiger partial charge in [-0.1, -0.05) is 0 Å². The Balaban J connectivity index is 4.74. The molecule has 160 valence electrons. The molecule has 0 amide bonds. The van der Waals surface area contributed by atoms with Crippen molar-refractivity contribution in [2.24, 2.45) is 0 Å². The quantitative estimate of drug-likeness (QED) is 0.0890. The van der Waals surface area contributed by atoms with Crippen LogP contribution >= 0.6 is 26.3 Å². The summed E-state index contributed by atoms with van der Waals surface area (Å²) >= 11 is 3.13. The van der Waals surface area contributed by atoms with Gasteiger partial charge in [-0.15, -0.1) is 0 Å². The monoisotopic (exact) mass is 498 g/mol. The van der Waals surface area contributed by atoms with E-state index in [1.54, 1.807) is 24.6 Å². The Morgan fingerprint density at radius 2 is 0.615 bits per heavy atom. The molecule has 0 atom stereocenters. The third-order valence-electron chi connectivity index (χ3n) is 6.28. The van der Waals surface area contributed by atoms with E-state index in [2.05, 4.69) is 49.7 Å². The SMILES string of the molecule is CCCCCCCCCP(I)(CCCCC)(CCCCC)CCCCC. The zero-order valence-corrected chi connectivity index (χ0v) is 22.0. The molecule has 0 fully saturated rings. The van der Waals surface area contributed by atoms with E-state index in [0.717, 1.165) is 0 Å². The number of halogens is 1. The van der Waals surface area contributed by atoms with Gasteiger partial charge in [0.05, 0.1) is 0 Å². The van der Waals surface area contributed by atoms with Crippen LogP contribution in [0.2, 0.25) is 0 Å². The fraction of sp³-hybridized carbons (Fsp3) is 1.00. The number of unbranched alkanes of at least 4 members (excludes halogenated alkanes) is 12. The van der Waals surface area contributed by atoms with Gasteiger partial charge in [0.15, 0.2) is 0 Å². The molecular formula is C24H52IP. The first-order valence-corrected chi connectivity index (χ1v) is 18.0. The maximum atomic E-state index is 3.13. The number of hydrogen-bond donors (Lipinski definition) is 0. The predicted molar refractivity (Wildman–Crippen MR) is 137 cm³/mol. The Bertz CT molecular complexity index is 273. The average molecular weight is 499 g/mol. The Kier molecular flexibility index (Phi) is 17.8. The molecule has 0 aliphatic heterocycles. The second-order valence-electron chi connectivity index (χ2n) is 8.96. The predicted octanol–water partition coefficient (Wildman–Crippen LogP) is 10.2. The maximum absolute atomic E-state index is 3.13. The van der Waals surface area contributed by atoms with Crippen molar-refractivity contribution in [2.45, 2.75) is 130 Å². The van der Waals surface area contributed by atoms with Crippen LogP contribution < -0.4 is 0 Å². The molecule has 0 bridgehead atoms. The van der Waals surface area contributed by atoms with Gasteiger partial charge < -0.3 is 0 Å². The van der Waals surface area contributed by atoms with Crippen molar-refractivity contribution in [2.75, 3.05) is 24.6 Å². The van der Waals surface area contributed by atoms with E-state index in [1.807, 2.05) is 0 Å². The summed E-state index contributed by atoms with van der Waals surface area (Å²) in [6.45, 7) is 9.42. The summed E-state index contributed by atoms with van der Waals surface area (Å²) in [5.41, 5.74) is 0. The second-order valence-corrected chi connectivity index (χ2v) is 22.6. The molecule has 0 aliphatic rings. The van der Waals surface area contributed by atoms with Crippen LogP contribution in [0.25, 0.3) is 0 Å². The minimum atomic E-state index is -1.50. The van der Waals surface area contributed by atoms with E-state index in [4.69, 9.17) is 0 Å². The van der Waals surface area contributed by atoms with Crippen molar-refractivity contribution in [3.05, 3.63) is 0 Å². The molecule has 26 heavy (non-hydrogen) atoms. The van der Waals surface area contributed by atoms with E-state index in [9.17, 15) is 0 Å².